The molecule has 0 saturated heterocycles. The van der Waals surface area contributed by atoms with Gasteiger partial charge in [0.15, 0.2) is 5.84 Å². The molecule has 0 aromatic heterocycles. The summed E-state index contributed by atoms with van der Waals surface area (Å²) < 4.78 is 33.6. The smallest absolute Gasteiger partial charge is 0.285 e. The van der Waals surface area contributed by atoms with Gasteiger partial charge in [0.05, 0.1) is 12.6 Å². The molecule has 0 saturated carbocycles. The van der Waals surface area contributed by atoms with Gasteiger partial charge in [0.1, 0.15) is 10.6 Å². The molecule has 1 aliphatic rings. The number of rotatable bonds is 5. The van der Waals surface area contributed by atoms with Crippen LogP contribution in [0.15, 0.2) is 57.8 Å². The van der Waals surface area contributed by atoms with E-state index in [-0.39, 0.29) is 29.3 Å². The maximum absolute atomic E-state index is 12.3. The minimum Gasteiger partial charge on any atom is -0.491 e. The zero-order valence-corrected chi connectivity index (χ0v) is 16.2. The first kappa shape index (κ1) is 18.9. The number of hydrogen-bond acceptors (Lipinski definition) is 5. The molecule has 0 spiro atoms. The zero-order chi connectivity index (χ0) is 19.6. The minimum atomic E-state index is -3.71. The van der Waals surface area contributed by atoms with Gasteiger partial charge in [-0.25, -0.2) is 0 Å². The van der Waals surface area contributed by atoms with Gasteiger partial charge in [0, 0.05) is 18.3 Å². The van der Waals surface area contributed by atoms with Crippen LogP contribution in [0.25, 0.3) is 0 Å². The van der Waals surface area contributed by atoms with Crippen molar-refractivity contribution in [1.82, 2.24) is 4.90 Å². The molecule has 3 rings (SSSR count). The number of amides is 1. The second-order valence-electron chi connectivity index (χ2n) is 6.48. The highest BCUT2D eigenvalue weighted by Crippen LogP contribution is 2.26. The summed E-state index contributed by atoms with van der Waals surface area (Å²) in [7, 11) is -2.07. The van der Waals surface area contributed by atoms with E-state index in [0.29, 0.717) is 11.3 Å². The van der Waals surface area contributed by atoms with Crippen LogP contribution in [0.4, 0.5) is 5.69 Å². The van der Waals surface area contributed by atoms with Gasteiger partial charge in [-0.1, -0.05) is 12.1 Å². The van der Waals surface area contributed by atoms with Gasteiger partial charge in [0.2, 0.25) is 5.91 Å². The molecule has 0 fully saturated rings. The second-order valence-corrected chi connectivity index (χ2v) is 8.05. The van der Waals surface area contributed by atoms with E-state index in [1.165, 1.54) is 11.0 Å². The number of sulfonamides is 1. The number of likely N-dealkylation sites (N-methyl/N-ethyl adjacent to an activating group) is 1. The molecule has 0 unspecified atom stereocenters. The average molecular weight is 387 g/mol. The van der Waals surface area contributed by atoms with E-state index in [0.717, 1.165) is 5.75 Å². The summed E-state index contributed by atoms with van der Waals surface area (Å²) in [6.45, 7) is 3.85. The molecule has 2 aromatic carbocycles. The topological polar surface area (TPSA) is 88.1 Å². The van der Waals surface area contributed by atoms with Crippen molar-refractivity contribution in [2.24, 2.45) is 4.40 Å². The summed E-state index contributed by atoms with van der Waals surface area (Å²) in [5.41, 5.74) is 1.13. The molecule has 8 heteroatoms. The molecule has 0 atom stereocenters. The lowest BCUT2D eigenvalue weighted by Gasteiger charge is -2.18. The molecule has 1 amide bonds. The number of fused-ring (bicyclic) bond motifs is 1. The van der Waals surface area contributed by atoms with Crippen molar-refractivity contribution in [1.29, 1.82) is 0 Å². The number of hydrogen-bond donors (Lipinski definition) is 1. The van der Waals surface area contributed by atoms with Crippen molar-refractivity contribution < 1.29 is 17.9 Å². The third-order valence-corrected chi connectivity index (χ3v) is 5.19. The lowest BCUT2D eigenvalue weighted by Crippen LogP contribution is -2.34. The number of ether oxygens (including phenoxy) is 1. The van der Waals surface area contributed by atoms with Crippen LogP contribution < -0.4 is 10.1 Å². The minimum absolute atomic E-state index is 0.0348. The predicted molar refractivity (Wildman–Crippen MR) is 104 cm³/mol. The summed E-state index contributed by atoms with van der Waals surface area (Å²) >= 11 is 0. The van der Waals surface area contributed by atoms with Crippen molar-refractivity contribution >= 4 is 27.5 Å². The molecule has 0 radical (unpaired) electrons. The SMILES string of the molecule is CC(C)Oc1ccc(NC(=O)CN(C)C2=NS(=O)(=O)c3ccccc32)cc1. The molecular weight excluding hydrogens is 366 g/mol. The Kier molecular flexibility index (Phi) is 5.18. The van der Waals surface area contributed by atoms with E-state index < -0.39 is 10.0 Å². The summed E-state index contributed by atoms with van der Waals surface area (Å²) in [5, 5.41) is 2.78. The van der Waals surface area contributed by atoms with Crippen molar-refractivity contribution in [2.45, 2.75) is 24.8 Å². The molecule has 0 bridgehead atoms. The fourth-order valence-electron chi connectivity index (χ4n) is 2.74. The molecule has 7 nitrogen and oxygen atoms in total. The summed E-state index contributed by atoms with van der Waals surface area (Å²) in [5.74, 6) is 0.711. The lowest BCUT2D eigenvalue weighted by molar-refractivity contribution is -0.116. The van der Waals surface area contributed by atoms with Gasteiger partial charge in [-0.2, -0.15) is 8.42 Å². The van der Waals surface area contributed by atoms with Gasteiger partial charge in [-0.3, -0.25) is 4.79 Å². The Bertz CT molecular complexity index is 982. The van der Waals surface area contributed by atoms with Crippen LogP contribution >= 0.6 is 0 Å². The number of benzene rings is 2. The Morgan fingerprint density at radius 2 is 1.81 bits per heavy atom. The van der Waals surface area contributed by atoms with Gasteiger partial charge in [-0.05, 0) is 50.2 Å². The normalized spacial score (nSPS) is 14.4. The van der Waals surface area contributed by atoms with E-state index in [1.54, 1.807) is 49.5 Å². The van der Waals surface area contributed by atoms with Crippen LogP contribution in [0.5, 0.6) is 5.75 Å². The number of carbonyl (C=O) groups excluding carboxylic acids is 1. The highest BCUT2D eigenvalue weighted by Gasteiger charge is 2.30. The average Bonchev–Trinajstić information content (AvgIpc) is 2.88. The van der Waals surface area contributed by atoms with E-state index in [2.05, 4.69) is 9.71 Å². The van der Waals surface area contributed by atoms with Crippen molar-refractivity contribution in [2.75, 3.05) is 18.9 Å². The largest absolute Gasteiger partial charge is 0.491 e. The lowest BCUT2D eigenvalue weighted by atomic mass is 10.2. The molecule has 1 N–H and O–H groups in total. The third kappa shape index (κ3) is 4.28. The summed E-state index contributed by atoms with van der Waals surface area (Å²) in [4.78, 5) is 14.0. The molecule has 1 aliphatic heterocycles. The first-order chi connectivity index (χ1) is 12.8. The van der Waals surface area contributed by atoms with Crippen LogP contribution in [0, 0.1) is 0 Å². The van der Waals surface area contributed by atoms with E-state index >= 15 is 0 Å². The van der Waals surface area contributed by atoms with E-state index in [4.69, 9.17) is 4.74 Å². The first-order valence-electron chi connectivity index (χ1n) is 8.48. The Morgan fingerprint density at radius 1 is 1.15 bits per heavy atom. The number of amidine groups is 1. The molecule has 1 heterocycles. The van der Waals surface area contributed by atoms with Crippen LogP contribution in [0.1, 0.15) is 19.4 Å². The van der Waals surface area contributed by atoms with Crippen molar-refractivity contribution in [3.05, 3.63) is 54.1 Å². The third-order valence-electron chi connectivity index (χ3n) is 3.86. The number of carbonyl (C=O) groups is 1. The van der Waals surface area contributed by atoms with E-state index in [1.807, 2.05) is 13.8 Å². The molecule has 142 valence electrons. The Morgan fingerprint density at radius 3 is 2.48 bits per heavy atom. The zero-order valence-electron chi connectivity index (χ0n) is 15.3. The van der Waals surface area contributed by atoms with Crippen molar-refractivity contribution in [3.8, 4) is 5.75 Å². The van der Waals surface area contributed by atoms with Gasteiger partial charge in [-0.15, -0.1) is 4.40 Å². The van der Waals surface area contributed by atoms with Crippen LogP contribution in [0.2, 0.25) is 0 Å². The monoisotopic (exact) mass is 387 g/mol. The summed E-state index contributed by atoms with van der Waals surface area (Å²) in [6, 6.07) is 13.6. The number of nitrogens with one attached hydrogen (secondary N) is 1. The first-order valence-corrected chi connectivity index (χ1v) is 9.92. The van der Waals surface area contributed by atoms with Gasteiger partial charge < -0.3 is 15.0 Å². The van der Waals surface area contributed by atoms with Crippen molar-refractivity contribution in [3.63, 3.8) is 0 Å². The maximum Gasteiger partial charge on any atom is 0.285 e. The van der Waals surface area contributed by atoms with Crippen LogP contribution in [0.3, 0.4) is 0 Å². The fourth-order valence-corrected chi connectivity index (χ4v) is 4.00. The highest BCUT2D eigenvalue weighted by atomic mass is 32.2. The molecule has 0 aliphatic carbocycles. The van der Waals surface area contributed by atoms with Crippen LogP contribution in [-0.4, -0.2) is 44.8 Å². The maximum atomic E-state index is 12.3. The molecular formula is C19H21N3O4S. The summed E-state index contributed by atoms with van der Waals surface area (Å²) in [6.07, 6.45) is 0.0745. The molecule has 27 heavy (non-hydrogen) atoms. The Balaban J connectivity index is 1.66. The molecule has 2 aromatic rings. The Hall–Kier alpha value is -2.87. The number of nitrogens with zero attached hydrogens (tertiary/aromatic N) is 2. The highest BCUT2D eigenvalue weighted by molar-refractivity contribution is 7.90. The van der Waals surface area contributed by atoms with E-state index in [9.17, 15) is 13.2 Å². The standard InChI is InChI=1S/C19H21N3O4S/c1-13(2)26-15-10-8-14(9-11-15)20-18(23)12-22(3)19-16-6-4-5-7-17(16)27(24,25)21-19/h4-11,13H,12H2,1-3H3,(H,20,23). The Labute approximate surface area is 158 Å². The fraction of sp³-hybridized carbons (Fsp3) is 0.263. The predicted octanol–water partition coefficient (Wildman–Crippen LogP) is 2.49. The second kappa shape index (κ2) is 7.40. The van der Waals surface area contributed by atoms with Gasteiger partial charge >= 0.3 is 0 Å². The quantitative estimate of drug-likeness (QED) is 0.852. The number of anilines is 1. The van der Waals surface area contributed by atoms with Crippen LogP contribution in [-0.2, 0) is 14.8 Å². The van der Waals surface area contributed by atoms with Gasteiger partial charge in [0.25, 0.3) is 10.0 Å².